The van der Waals surface area contributed by atoms with Gasteiger partial charge in [-0.2, -0.15) is 0 Å². The fourth-order valence-corrected chi connectivity index (χ4v) is 2.48. The molecule has 0 aliphatic carbocycles. The SMILES string of the molecule is O=C(O)/C=C/c1c(-c2ccc(Cl)c(Cl)c2)nc2ccccn12. The number of hydrogen-bond donors (Lipinski definition) is 1. The van der Waals surface area contributed by atoms with Crippen molar-refractivity contribution < 1.29 is 9.90 Å². The summed E-state index contributed by atoms with van der Waals surface area (Å²) in [4.78, 5) is 15.4. The molecule has 2 aromatic heterocycles. The van der Waals surface area contributed by atoms with E-state index in [1.807, 2.05) is 28.8 Å². The zero-order chi connectivity index (χ0) is 15.7. The van der Waals surface area contributed by atoms with Crippen LogP contribution in [0.15, 0.2) is 48.7 Å². The number of carbonyl (C=O) groups is 1. The Labute approximate surface area is 136 Å². The highest BCUT2D eigenvalue weighted by Gasteiger charge is 2.13. The third kappa shape index (κ3) is 2.71. The smallest absolute Gasteiger partial charge is 0.328 e. The van der Waals surface area contributed by atoms with Gasteiger partial charge in [0.25, 0.3) is 0 Å². The molecule has 110 valence electrons. The van der Waals surface area contributed by atoms with Crippen LogP contribution in [-0.4, -0.2) is 20.5 Å². The Morgan fingerprint density at radius 1 is 1.18 bits per heavy atom. The Morgan fingerprint density at radius 3 is 2.73 bits per heavy atom. The molecule has 4 nitrogen and oxygen atoms in total. The van der Waals surface area contributed by atoms with Gasteiger partial charge in [-0.25, -0.2) is 9.78 Å². The van der Waals surface area contributed by atoms with E-state index in [9.17, 15) is 4.79 Å². The highest BCUT2D eigenvalue weighted by Crippen LogP contribution is 2.31. The molecule has 0 saturated carbocycles. The van der Waals surface area contributed by atoms with Gasteiger partial charge in [-0.15, -0.1) is 0 Å². The molecule has 3 aromatic rings. The number of carboxylic acids is 1. The van der Waals surface area contributed by atoms with Crippen molar-refractivity contribution in [1.82, 2.24) is 9.38 Å². The summed E-state index contributed by atoms with van der Waals surface area (Å²) in [5, 5.41) is 9.75. The van der Waals surface area contributed by atoms with Gasteiger partial charge in [0, 0.05) is 17.8 Å². The molecule has 0 unspecified atom stereocenters. The summed E-state index contributed by atoms with van der Waals surface area (Å²) >= 11 is 12.0. The van der Waals surface area contributed by atoms with Crippen LogP contribution in [0.3, 0.4) is 0 Å². The molecule has 0 aliphatic heterocycles. The summed E-state index contributed by atoms with van der Waals surface area (Å²) in [6.45, 7) is 0. The van der Waals surface area contributed by atoms with Gasteiger partial charge in [-0.05, 0) is 30.3 Å². The number of aliphatic carboxylic acids is 1. The second-order valence-electron chi connectivity index (χ2n) is 4.57. The van der Waals surface area contributed by atoms with Crippen LogP contribution in [0.4, 0.5) is 0 Å². The van der Waals surface area contributed by atoms with Crippen LogP contribution in [0.1, 0.15) is 5.69 Å². The zero-order valence-electron chi connectivity index (χ0n) is 11.2. The molecule has 6 heteroatoms. The fourth-order valence-electron chi connectivity index (χ4n) is 2.18. The summed E-state index contributed by atoms with van der Waals surface area (Å²) in [5.41, 5.74) is 2.79. The molecular weight excluding hydrogens is 323 g/mol. The van der Waals surface area contributed by atoms with Crippen molar-refractivity contribution >= 4 is 40.9 Å². The standard InChI is InChI=1S/C16H10Cl2N2O2/c17-11-5-4-10(9-12(11)18)16-13(6-7-15(21)22)20-8-2-1-3-14(20)19-16/h1-9H,(H,21,22)/b7-6+. The van der Waals surface area contributed by atoms with E-state index in [4.69, 9.17) is 28.3 Å². The molecule has 0 bridgehead atoms. The number of hydrogen-bond acceptors (Lipinski definition) is 2. The minimum absolute atomic E-state index is 0.421. The van der Waals surface area contributed by atoms with E-state index in [1.165, 1.54) is 6.08 Å². The summed E-state index contributed by atoms with van der Waals surface area (Å²) in [6, 6.07) is 10.8. The highest BCUT2D eigenvalue weighted by molar-refractivity contribution is 6.42. The lowest BCUT2D eigenvalue weighted by Crippen LogP contribution is -1.90. The molecule has 22 heavy (non-hydrogen) atoms. The average Bonchev–Trinajstić information content (AvgIpc) is 2.86. The summed E-state index contributed by atoms with van der Waals surface area (Å²) in [5.74, 6) is -1.02. The van der Waals surface area contributed by atoms with Crippen LogP contribution in [0.25, 0.3) is 23.0 Å². The number of benzene rings is 1. The van der Waals surface area contributed by atoms with E-state index in [0.29, 0.717) is 27.1 Å². The maximum Gasteiger partial charge on any atom is 0.328 e. The first-order valence-corrected chi connectivity index (χ1v) is 7.15. The lowest BCUT2D eigenvalue weighted by atomic mass is 10.1. The van der Waals surface area contributed by atoms with Gasteiger partial charge in [0.15, 0.2) is 0 Å². The second kappa shape index (κ2) is 5.83. The number of halogens is 2. The molecule has 1 aromatic carbocycles. The van der Waals surface area contributed by atoms with Crippen molar-refractivity contribution in [2.75, 3.05) is 0 Å². The van der Waals surface area contributed by atoms with E-state index in [0.717, 1.165) is 11.6 Å². The van der Waals surface area contributed by atoms with Crippen molar-refractivity contribution in [2.45, 2.75) is 0 Å². The van der Waals surface area contributed by atoms with E-state index >= 15 is 0 Å². The maximum absolute atomic E-state index is 10.8. The Morgan fingerprint density at radius 2 is 2.00 bits per heavy atom. The zero-order valence-corrected chi connectivity index (χ0v) is 12.7. The van der Waals surface area contributed by atoms with Gasteiger partial charge in [0.1, 0.15) is 5.65 Å². The number of rotatable bonds is 3. The Bertz CT molecular complexity index is 900. The van der Waals surface area contributed by atoms with E-state index < -0.39 is 5.97 Å². The lowest BCUT2D eigenvalue weighted by Gasteiger charge is -2.02. The number of fused-ring (bicyclic) bond motifs is 1. The largest absolute Gasteiger partial charge is 0.478 e. The third-order valence-electron chi connectivity index (χ3n) is 3.14. The molecule has 1 N–H and O–H groups in total. The number of aromatic nitrogens is 2. The number of imidazole rings is 1. The van der Waals surface area contributed by atoms with Gasteiger partial charge >= 0.3 is 5.97 Å². The molecule has 0 atom stereocenters. The molecule has 0 saturated heterocycles. The quantitative estimate of drug-likeness (QED) is 0.723. The van der Waals surface area contributed by atoms with Crippen LogP contribution in [0, 0.1) is 0 Å². The molecule has 0 amide bonds. The maximum atomic E-state index is 10.8. The van der Waals surface area contributed by atoms with Crippen molar-refractivity contribution in [2.24, 2.45) is 0 Å². The first-order chi connectivity index (χ1) is 10.6. The Kier molecular flexibility index (Phi) is 3.88. The molecule has 3 rings (SSSR count). The Balaban J connectivity index is 2.25. The molecule has 2 heterocycles. The molecule has 0 radical (unpaired) electrons. The summed E-state index contributed by atoms with van der Waals surface area (Å²) in [6.07, 6.45) is 4.42. The number of nitrogens with zero attached hydrogens (tertiary/aromatic N) is 2. The third-order valence-corrected chi connectivity index (χ3v) is 3.88. The molecular formula is C16H10Cl2N2O2. The topological polar surface area (TPSA) is 54.6 Å². The van der Waals surface area contributed by atoms with Gasteiger partial charge in [0.2, 0.25) is 0 Å². The number of carboxylic acid groups (broad SMARTS) is 1. The van der Waals surface area contributed by atoms with Gasteiger partial charge < -0.3 is 5.11 Å². The number of pyridine rings is 1. The van der Waals surface area contributed by atoms with Crippen molar-refractivity contribution in [3.63, 3.8) is 0 Å². The van der Waals surface area contributed by atoms with Crippen LogP contribution < -0.4 is 0 Å². The van der Waals surface area contributed by atoms with E-state index in [1.54, 1.807) is 18.2 Å². The minimum Gasteiger partial charge on any atom is -0.478 e. The van der Waals surface area contributed by atoms with Crippen molar-refractivity contribution in [1.29, 1.82) is 0 Å². The fraction of sp³-hybridized carbons (Fsp3) is 0. The normalized spacial score (nSPS) is 11.4. The van der Waals surface area contributed by atoms with E-state index in [-0.39, 0.29) is 0 Å². The minimum atomic E-state index is -1.02. The first kappa shape index (κ1) is 14.6. The van der Waals surface area contributed by atoms with Crippen LogP contribution in [0.2, 0.25) is 10.0 Å². The second-order valence-corrected chi connectivity index (χ2v) is 5.39. The molecule has 0 fully saturated rings. The van der Waals surface area contributed by atoms with Crippen LogP contribution in [0.5, 0.6) is 0 Å². The lowest BCUT2D eigenvalue weighted by molar-refractivity contribution is -0.131. The summed E-state index contributed by atoms with van der Waals surface area (Å²) in [7, 11) is 0. The molecule has 0 aliphatic rings. The van der Waals surface area contributed by atoms with Gasteiger partial charge in [-0.1, -0.05) is 35.3 Å². The highest BCUT2D eigenvalue weighted by atomic mass is 35.5. The first-order valence-electron chi connectivity index (χ1n) is 6.40. The predicted molar refractivity (Wildman–Crippen MR) is 87.3 cm³/mol. The predicted octanol–water partition coefficient (Wildman–Crippen LogP) is 4.41. The molecule has 0 spiro atoms. The Hall–Kier alpha value is -2.30. The summed E-state index contributed by atoms with van der Waals surface area (Å²) < 4.78 is 1.82. The van der Waals surface area contributed by atoms with Crippen molar-refractivity contribution in [3.05, 3.63) is 64.4 Å². The van der Waals surface area contributed by atoms with Gasteiger partial charge in [-0.3, -0.25) is 4.40 Å². The van der Waals surface area contributed by atoms with Crippen LogP contribution in [-0.2, 0) is 4.79 Å². The average molecular weight is 333 g/mol. The van der Waals surface area contributed by atoms with Gasteiger partial charge in [0.05, 0.1) is 21.4 Å². The van der Waals surface area contributed by atoms with Crippen molar-refractivity contribution in [3.8, 4) is 11.3 Å². The van der Waals surface area contributed by atoms with Crippen LogP contribution >= 0.6 is 23.2 Å². The van der Waals surface area contributed by atoms with E-state index in [2.05, 4.69) is 4.98 Å². The monoisotopic (exact) mass is 332 g/mol.